The van der Waals surface area contributed by atoms with Crippen molar-refractivity contribution in [3.63, 3.8) is 0 Å². The van der Waals surface area contributed by atoms with Gasteiger partial charge in [-0.25, -0.2) is 4.98 Å². The smallest absolute Gasteiger partial charge is 0.155 e. The maximum Gasteiger partial charge on any atom is 0.155 e. The fourth-order valence-electron chi connectivity index (χ4n) is 0.781. The maximum absolute atomic E-state index is 4.06. The van der Waals surface area contributed by atoms with Crippen LogP contribution in [0.1, 0.15) is 4.88 Å². The highest BCUT2D eigenvalue weighted by Crippen LogP contribution is 2.10. The monoisotopic (exact) mass is 137 g/mol. The van der Waals surface area contributed by atoms with E-state index in [2.05, 4.69) is 11.1 Å². The van der Waals surface area contributed by atoms with Crippen LogP contribution in [-0.4, -0.2) is 8.77 Å². The molecular weight excluding hydrogens is 132 g/mol. The van der Waals surface area contributed by atoms with Gasteiger partial charge in [0.2, 0.25) is 0 Å². The van der Waals surface area contributed by atoms with Crippen molar-refractivity contribution >= 4 is 17.2 Å². The predicted octanol–water partition coefficient (Wildman–Crippen LogP) is 1.50. The largest absolute Gasteiger partial charge is 0.254 e. The number of imidazole rings is 1. The standard InChI is InChI=1S/C6H5N2S/c1-5-4-6-7-2-3-8(6)9-5/h2-3H,1H3. The van der Waals surface area contributed by atoms with E-state index in [0.717, 1.165) is 5.65 Å². The van der Waals surface area contributed by atoms with E-state index in [4.69, 9.17) is 0 Å². The second-order valence-corrected chi connectivity index (χ2v) is 3.04. The second kappa shape index (κ2) is 1.57. The Morgan fingerprint density at radius 2 is 2.67 bits per heavy atom. The van der Waals surface area contributed by atoms with E-state index in [1.54, 1.807) is 17.7 Å². The zero-order chi connectivity index (χ0) is 6.27. The fourth-order valence-corrected chi connectivity index (χ4v) is 1.51. The number of aryl methyl sites for hydroxylation is 1. The molecule has 2 heterocycles. The Morgan fingerprint density at radius 3 is 3.44 bits per heavy atom. The highest BCUT2D eigenvalue weighted by Gasteiger charge is 1.95. The zero-order valence-corrected chi connectivity index (χ0v) is 5.77. The molecule has 9 heavy (non-hydrogen) atoms. The van der Waals surface area contributed by atoms with Gasteiger partial charge in [-0.1, -0.05) is 11.5 Å². The normalized spacial score (nSPS) is 10.8. The van der Waals surface area contributed by atoms with Crippen molar-refractivity contribution in [2.45, 2.75) is 6.92 Å². The van der Waals surface area contributed by atoms with E-state index in [1.807, 2.05) is 16.9 Å². The number of hydrogen-bond acceptors (Lipinski definition) is 2. The first kappa shape index (κ1) is 4.99. The van der Waals surface area contributed by atoms with E-state index >= 15 is 0 Å². The van der Waals surface area contributed by atoms with Crippen molar-refractivity contribution in [2.24, 2.45) is 0 Å². The van der Waals surface area contributed by atoms with Crippen molar-refractivity contribution in [3.05, 3.63) is 23.3 Å². The lowest BCUT2D eigenvalue weighted by Gasteiger charge is -1.72. The average molecular weight is 137 g/mol. The molecule has 0 N–H and O–H groups in total. The quantitative estimate of drug-likeness (QED) is 0.538. The minimum absolute atomic E-state index is 0.928. The van der Waals surface area contributed by atoms with Gasteiger partial charge in [-0.2, -0.15) is 0 Å². The van der Waals surface area contributed by atoms with Crippen LogP contribution in [0, 0.1) is 13.0 Å². The summed E-state index contributed by atoms with van der Waals surface area (Å²) in [6.45, 7) is 2.03. The lowest BCUT2D eigenvalue weighted by atomic mass is 10.5. The van der Waals surface area contributed by atoms with E-state index in [9.17, 15) is 0 Å². The molecule has 0 aliphatic rings. The molecular formula is C6H5N2S. The van der Waals surface area contributed by atoms with Crippen molar-refractivity contribution < 1.29 is 0 Å². The number of fused-ring (bicyclic) bond motifs is 1. The van der Waals surface area contributed by atoms with Crippen molar-refractivity contribution in [1.82, 2.24) is 8.77 Å². The highest BCUT2D eigenvalue weighted by molar-refractivity contribution is 7.06. The molecule has 0 spiro atoms. The first-order chi connectivity index (χ1) is 4.36. The van der Waals surface area contributed by atoms with E-state index in [0.29, 0.717) is 0 Å². The Hall–Kier alpha value is -0.830. The molecule has 2 aromatic heterocycles. The van der Waals surface area contributed by atoms with Crippen LogP contribution in [0.5, 0.6) is 0 Å². The zero-order valence-electron chi connectivity index (χ0n) is 4.96. The van der Waals surface area contributed by atoms with Gasteiger partial charge in [0.1, 0.15) is 0 Å². The number of nitrogens with zero attached hydrogens (tertiary/aromatic N) is 2. The van der Waals surface area contributed by atoms with Crippen LogP contribution in [0.3, 0.4) is 0 Å². The average Bonchev–Trinajstić information content (AvgIpc) is 2.22. The summed E-state index contributed by atoms with van der Waals surface area (Å²) in [6, 6.07) is 3.11. The molecule has 2 aromatic rings. The van der Waals surface area contributed by atoms with Crippen LogP contribution < -0.4 is 0 Å². The van der Waals surface area contributed by atoms with Gasteiger partial charge in [0, 0.05) is 23.3 Å². The summed E-state index contributed by atoms with van der Waals surface area (Å²) >= 11 is 1.66. The molecule has 3 heteroatoms. The SMILES string of the molecule is Cc1[c]c2nccn2s1. The summed E-state index contributed by atoms with van der Waals surface area (Å²) in [6.07, 6.45) is 3.71. The van der Waals surface area contributed by atoms with Gasteiger partial charge in [-0.15, -0.1) is 0 Å². The molecule has 0 amide bonds. The maximum atomic E-state index is 4.06. The summed E-state index contributed by atoms with van der Waals surface area (Å²) in [5.41, 5.74) is 0.928. The molecule has 0 aliphatic carbocycles. The molecule has 0 saturated carbocycles. The van der Waals surface area contributed by atoms with Gasteiger partial charge in [-0.3, -0.25) is 3.79 Å². The third kappa shape index (κ3) is 0.650. The van der Waals surface area contributed by atoms with Gasteiger partial charge in [-0.05, 0) is 6.92 Å². The van der Waals surface area contributed by atoms with Crippen LogP contribution in [-0.2, 0) is 0 Å². The van der Waals surface area contributed by atoms with Crippen LogP contribution in [0.2, 0.25) is 0 Å². The van der Waals surface area contributed by atoms with E-state index in [1.165, 1.54) is 4.88 Å². The van der Waals surface area contributed by atoms with Crippen molar-refractivity contribution in [3.8, 4) is 0 Å². The molecule has 1 radical (unpaired) electrons. The van der Waals surface area contributed by atoms with Crippen LogP contribution in [0.4, 0.5) is 0 Å². The first-order valence-corrected chi connectivity index (χ1v) is 3.46. The number of aromatic nitrogens is 2. The molecule has 0 unspecified atom stereocenters. The van der Waals surface area contributed by atoms with Crippen molar-refractivity contribution in [1.29, 1.82) is 0 Å². The molecule has 0 aromatic carbocycles. The molecule has 0 atom stereocenters. The minimum Gasteiger partial charge on any atom is -0.254 e. The van der Waals surface area contributed by atoms with E-state index in [-0.39, 0.29) is 0 Å². The summed E-state index contributed by atoms with van der Waals surface area (Å²) in [5, 5.41) is 0. The third-order valence-electron chi connectivity index (χ3n) is 1.13. The summed E-state index contributed by atoms with van der Waals surface area (Å²) in [7, 11) is 0. The topological polar surface area (TPSA) is 17.3 Å². The fraction of sp³-hybridized carbons (Fsp3) is 0.167. The molecule has 0 aliphatic heterocycles. The summed E-state index contributed by atoms with van der Waals surface area (Å²) < 4.78 is 2.00. The van der Waals surface area contributed by atoms with Gasteiger partial charge < -0.3 is 0 Å². The van der Waals surface area contributed by atoms with E-state index < -0.39 is 0 Å². The predicted molar refractivity (Wildman–Crippen MR) is 36.6 cm³/mol. The molecule has 2 nitrogen and oxygen atoms in total. The lowest BCUT2D eigenvalue weighted by molar-refractivity contribution is 1.37. The molecule has 0 fully saturated rings. The van der Waals surface area contributed by atoms with Crippen LogP contribution in [0.15, 0.2) is 12.4 Å². The summed E-state index contributed by atoms with van der Waals surface area (Å²) in [5.74, 6) is 0. The van der Waals surface area contributed by atoms with Gasteiger partial charge >= 0.3 is 0 Å². The Morgan fingerprint density at radius 1 is 1.78 bits per heavy atom. The van der Waals surface area contributed by atoms with Gasteiger partial charge in [0.15, 0.2) is 5.65 Å². The van der Waals surface area contributed by atoms with Gasteiger partial charge in [0.25, 0.3) is 0 Å². The summed E-state index contributed by atoms with van der Waals surface area (Å²) in [4.78, 5) is 5.24. The third-order valence-corrected chi connectivity index (χ3v) is 2.00. The minimum atomic E-state index is 0.928. The Kier molecular flexibility index (Phi) is 0.873. The highest BCUT2D eigenvalue weighted by atomic mass is 32.1. The molecule has 2 rings (SSSR count). The molecule has 0 bridgehead atoms. The second-order valence-electron chi connectivity index (χ2n) is 1.85. The van der Waals surface area contributed by atoms with Crippen LogP contribution >= 0.6 is 11.5 Å². The lowest BCUT2D eigenvalue weighted by Crippen LogP contribution is -1.64. The first-order valence-electron chi connectivity index (χ1n) is 2.68. The number of hydrogen-bond donors (Lipinski definition) is 0. The Balaban J connectivity index is 2.92. The van der Waals surface area contributed by atoms with Crippen LogP contribution in [0.25, 0.3) is 5.65 Å². The Bertz CT molecular complexity index is 292. The molecule has 45 valence electrons. The molecule has 0 saturated heterocycles. The Labute approximate surface area is 56.9 Å². The van der Waals surface area contributed by atoms with Crippen molar-refractivity contribution in [2.75, 3.05) is 0 Å². The number of rotatable bonds is 0. The van der Waals surface area contributed by atoms with Gasteiger partial charge in [0.05, 0.1) is 0 Å².